The number of hydrogen-bond donors (Lipinski definition) is 4. The van der Waals surface area contributed by atoms with Gasteiger partial charge >= 0.3 is 13.5 Å². The Morgan fingerprint density at radius 1 is 1.61 bits per heavy atom. The van der Waals surface area contributed by atoms with Crippen LogP contribution in [0.25, 0.3) is 0 Å². The standard InChI is InChI=1S/C11H11FN3O7P/c1-2-5-3-15(11(17)14-9(5)13)10-7(12)8(16)6(22-10)4-21-23(18,19)20/h1,3,6,10,16H,4H2,(H2,13,14,17)(H2,18,19,20)/t6-,10-/m1/s1. The van der Waals surface area contributed by atoms with Gasteiger partial charge in [-0.15, -0.1) is 6.42 Å². The minimum absolute atomic E-state index is 0.00425. The maximum Gasteiger partial charge on any atom is 0.469 e. The second-order valence-electron chi connectivity index (χ2n) is 4.37. The molecular weight excluding hydrogens is 336 g/mol. The zero-order valence-corrected chi connectivity index (χ0v) is 12.2. The minimum Gasteiger partial charge on any atom is -0.507 e. The van der Waals surface area contributed by atoms with Crippen molar-refractivity contribution in [2.45, 2.75) is 12.3 Å². The number of nitrogens with two attached hydrogens (primary N) is 1. The van der Waals surface area contributed by atoms with E-state index in [1.54, 1.807) is 0 Å². The van der Waals surface area contributed by atoms with Crippen LogP contribution in [-0.4, -0.2) is 37.2 Å². The molecule has 23 heavy (non-hydrogen) atoms. The molecular formula is C11H11FN3O7P. The maximum atomic E-state index is 14.0. The van der Waals surface area contributed by atoms with Crippen molar-refractivity contribution in [3.63, 3.8) is 0 Å². The monoisotopic (exact) mass is 347 g/mol. The zero-order chi connectivity index (χ0) is 17.4. The Kier molecular flexibility index (Phi) is 4.56. The Hall–Kier alpha value is -2.22. The number of terminal acetylenes is 1. The summed E-state index contributed by atoms with van der Waals surface area (Å²) >= 11 is 0. The van der Waals surface area contributed by atoms with Crippen LogP contribution in [-0.2, 0) is 13.8 Å². The van der Waals surface area contributed by atoms with Gasteiger partial charge in [0.05, 0.1) is 12.2 Å². The van der Waals surface area contributed by atoms with Crippen molar-refractivity contribution in [3.05, 3.63) is 33.8 Å². The van der Waals surface area contributed by atoms with Gasteiger partial charge in [-0.25, -0.2) is 13.8 Å². The van der Waals surface area contributed by atoms with Crippen molar-refractivity contribution in [3.8, 4) is 12.3 Å². The fraction of sp³-hybridized carbons (Fsp3) is 0.273. The first-order valence-electron chi connectivity index (χ1n) is 5.93. The molecule has 2 rings (SSSR count). The van der Waals surface area contributed by atoms with Crippen molar-refractivity contribution in [1.29, 1.82) is 0 Å². The fourth-order valence-electron chi connectivity index (χ4n) is 1.79. The quantitative estimate of drug-likeness (QED) is 0.418. The summed E-state index contributed by atoms with van der Waals surface area (Å²) in [4.78, 5) is 32.4. The molecule has 0 saturated heterocycles. The van der Waals surface area contributed by atoms with Gasteiger partial charge in [-0.2, -0.15) is 4.98 Å². The SMILES string of the molecule is C#Cc1cn([C@@H]2O[C@H](COP(=O)(O)O)C(O)=C2F)c(=O)nc1N. The van der Waals surface area contributed by atoms with Crippen molar-refractivity contribution >= 4 is 13.6 Å². The molecule has 1 aliphatic rings. The fourth-order valence-corrected chi connectivity index (χ4v) is 2.12. The Balaban J connectivity index is 2.32. The van der Waals surface area contributed by atoms with Crippen molar-refractivity contribution in [1.82, 2.24) is 9.55 Å². The number of phosphoric acid groups is 1. The van der Waals surface area contributed by atoms with E-state index < -0.39 is 44.0 Å². The van der Waals surface area contributed by atoms with E-state index in [0.29, 0.717) is 4.57 Å². The Bertz CT molecular complexity index is 809. The molecule has 5 N–H and O–H groups in total. The van der Waals surface area contributed by atoms with Crippen molar-refractivity contribution in [2.75, 3.05) is 12.3 Å². The molecule has 124 valence electrons. The highest BCUT2D eigenvalue weighted by atomic mass is 31.2. The summed E-state index contributed by atoms with van der Waals surface area (Å²) in [6, 6.07) is 0. The van der Waals surface area contributed by atoms with Crippen LogP contribution in [0.3, 0.4) is 0 Å². The van der Waals surface area contributed by atoms with Crippen LogP contribution in [0.2, 0.25) is 0 Å². The largest absolute Gasteiger partial charge is 0.507 e. The summed E-state index contributed by atoms with van der Waals surface area (Å²) in [6.07, 6.45) is 2.94. The highest BCUT2D eigenvalue weighted by molar-refractivity contribution is 7.46. The molecule has 1 aromatic heterocycles. The first-order valence-corrected chi connectivity index (χ1v) is 7.46. The normalized spacial score (nSPS) is 21.5. The van der Waals surface area contributed by atoms with E-state index in [2.05, 4.69) is 15.4 Å². The summed E-state index contributed by atoms with van der Waals surface area (Å²) < 4.78 is 34.5. The Labute approximate surface area is 128 Å². The van der Waals surface area contributed by atoms with E-state index >= 15 is 0 Å². The molecule has 2 atom stereocenters. The highest BCUT2D eigenvalue weighted by Gasteiger charge is 2.38. The first-order chi connectivity index (χ1) is 10.6. The number of hydrogen-bond acceptors (Lipinski definition) is 7. The molecule has 2 heterocycles. The number of nitrogens with zero attached hydrogens (tertiary/aromatic N) is 2. The van der Waals surface area contributed by atoms with Gasteiger partial charge in [0.1, 0.15) is 11.9 Å². The van der Waals surface area contributed by atoms with Crippen molar-refractivity contribution in [2.24, 2.45) is 0 Å². The van der Waals surface area contributed by atoms with E-state index in [4.69, 9.17) is 26.7 Å². The lowest BCUT2D eigenvalue weighted by Crippen LogP contribution is -2.30. The molecule has 0 fully saturated rings. The van der Waals surface area contributed by atoms with Crippen LogP contribution in [0, 0.1) is 12.3 Å². The molecule has 0 radical (unpaired) electrons. The van der Waals surface area contributed by atoms with E-state index in [0.717, 1.165) is 6.20 Å². The first kappa shape index (κ1) is 17.1. The van der Waals surface area contributed by atoms with Gasteiger partial charge in [0.15, 0.2) is 17.8 Å². The minimum atomic E-state index is -4.85. The molecule has 0 bridgehead atoms. The third kappa shape index (κ3) is 3.58. The number of aliphatic hydroxyl groups is 1. The summed E-state index contributed by atoms with van der Waals surface area (Å²) in [5.41, 5.74) is 4.42. The second-order valence-corrected chi connectivity index (χ2v) is 5.61. The molecule has 1 aromatic rings. The maximum absolute atomic E-state index is 14.0. The van der Waals surface area contributed by atoms with Gasteiger partial charge in [-0.05, 0) is 0 Å². The molecule has 0 aliphatic carbocycles. The number of anilines is 1. The van der Waals surface area contributed by atoms with Gasteiger partial charge < -0.3 is 25.4 Å². The van der Waals surface area contributed by atoms with E-state index in [9.17, 15) is 18.9 Å². The summed E-state index contributed by atoms with van der Waals surface area (Å²) in [5, 5.41) is 9.60. The molecule has 12 heteroatoms. The van der Waals surface area contributed by atoms with Gasteiger partial charge in [0.25, 0.3) is 0 Å². The lowest BCUT2D eigenvalue weighted by Gasteiger charge is -2.16. The molecule has 0 amide bonds. The Morgan fingerprint density at radius 3 is 2.83 bits per heavy atom. The molecule has 10 nitrogen and oxygen atoms in total. The van der Waals surface area contributed by atoms with Crippen LogP contribution in [0.15, 0.2) is 22.6 Å². The average molecular weight is 347 g/mol. The number of aliphatic hydroxyl groups excluding tert-OH is 1. The van der Waals surface area contributed by atoms with E-state index in [1.807, 2.05) is 0 Å². The zero-order valence-electron chi connectivity index (χ0n) is 11.3. The number of nitrogen functional groups attached to an aromatic ring is 1. The number of halogens is 1. The average Bonchev–Trinajstić information content (AvgIpc) is 2.73. The predicted molar refractivity (Wildman–Crippen MR) is 73.5 cm³/mol. The molecule has 0 unspecified atom stereocenters. The molecule has 0 spiro atoms. The second kappa shape index (κ2) is 6.11. The molecule has 0 aromatic carbocycles. The predicted octanol–water partition coefficient (Wildman–Crippen LogP) is -0.447. The van der Waals surface area contributed by atoms with Crippen molar-refractivity contribution < 1.29 is 33.1 Å². The topological polar surface area (TPSA) is 157 Å². The summed E-state index contributed by atoms with van der Waals surface area (Å²) in [7, 11) is -4.85. The van der Waals surface area contributed by atoms with Crippen LogP contribution >= 0.6 is 7.82 Å². The number of phosphoric ester groups is 1. The lowest BCUT2D eigenvalue weighted by molar-refractivity contribution is -0.0320. The molecule has 1 aliphatic heterocycles. The van der Waals surface area contributed by atoms with Gasteiger partial charge in [-0.1, -0.05) is 5.92 Å². The van der Waals surface area contributed by atoms with Crippen LogP contribution < -0.4 is 11.4 Å². The van der Waals surface area contributed by atoms with E-state index in [-0.39, 0.29) is 11.4 Å². The number of rotatable bonds is 4. The van der Waals surface area contributed by atoms with Crippen LogP contribution in [0.4, 0.5) is 10.2 Å². The number of ether oxygens (including phenoxy) is 1. The van der Waals surface area contributed by atoms with E-state index in [1.165, 1.54) is 0 Å². The van der Waals surface area contributed by atoms with Gasteiger partial charge in [0, 0.05) is 6.20 Å². The lowest BCUT2D eigenvalue weighted by atomic mass is 10.3. The summed E-state index contributed by atoms with van der Waals surface area (Å²) in [5.74, 6) is -0.310. The highest BCUT2D eigenvalue weighted by Crippen LogP contribution is 2.39. The molecule has 0 saturated carbocycles. The van der Waals surface area contributed by atoms with Crippen LogP contribution in [0.1, 0.15) is 11.8 Å². The van der Waals surface area contributed by atoms with Gasteiger partial charge in [0.2, 0.25) is 0 Å². The Morgan fingerprint density at radius 2 is 2.26 bits per heavy atom. The third-order valence-corrected chi connectivity index (χ3v) is 3.33. The van der Waals surface area contributed by atoms with Gasteiger partial charge in [-0.3, -0.25) is 9.09 Å². The third-order valence-electron chi connectivity index (χ3n) is 2.84. The summed E-state index contributed by atoms with van der Waals surface area (Å²) in [6.45, 7) is -0.834. The smallest absolute Gasteiger partial charge is 0.469 e. The number of aromatic nitrogens is 2. The van der Waals surface area contributed by atoms with Crippen LogP contribution in [0.5, 0.6) is 0 Å².